The fourth-order valence-corrected chi connectivity index (χ4v) is 2.40. The molecule has 2 unspecified atom stereocenters. The molecule has 0 bridgehead atoms. The van der Waals surface area contributed by atoms with Crippen molar-refractivity contribution in [2.45, 2.75) is 37.8 Å². The van der Waals surface area contributed by atoms with Crippen molar-refractivity contribution in [1.29, 1.82) is 0 Å². The molecule has 0 spiro atoms. The van der Waals surface area contributed by atoms with Gasteiger partial charge >= 0.3 is 0 Å². The highest BCUT2D eigenvalue weighted by Crippen LogP contribution is 2.18. The average Bonchev–Trinajstić information content (AvgIpc) is 2.85. The molecule has 0 aromatic heterocycles. The van der Waals surface area contributed by atoms with E-state index >= 15 is 0 Å². The Labute approximate surface area is 91.0 Å². The van der Waals surface area contributed by atoms with Crippen molar-refractivity contribution >= 4 is 5.91 Å². The molecule has 0 aromatic carbocycles. The highest BCUT2D eigenvalue weighted by Gasteiger charge is 2.30. The fourth-order valence-electron chi connectivity index (χ4n) is 2.40. The summed E-state index contributed by atoms with van der Waals surface area (Å²) in [6.07, 6.45) is 4.68. The molecule has 0 aromatic rings. The van der Waals surface area contributed by atoms with Crippen LogP contribution in [0.2, 0.25) is 0 Å². The van der Waals surface area contributed by atoms with Gasteiger partial charge in [-0.1, -0.05) is 0 Å². The van der Waals surface area contributed by atoms with Crippen LogP contribution in [0.15, 0.2) is 0 Å². The molecule has 2 heterocycles. The van der Waals surface area contributed by atoms with E-state index < -0.39 is 0 Å². The second-order valence-electron chi connectivity index (χ2n) is 4.38. The lowest BCUT2D eigenvalue weighted by Gasteiger charge is -2.18. The van der Waals surface area contributed by atoms with E-state index in [1.54, 1.807) is 0 Å². The van der Waals surface area contributed by atoms with Crippen LogP contribution in [0.4, 0.5) is 0 Å². The number of rotatable bonds is 4. The van der Waals surface area contributed by atoms with E-state index in [0.717, 1.165) is 39.0 Å². The topological polar surface area (TPSA) is 41.6 Å². The molecule has 2 rings (SSSR count). The molecule has 1 amide bonds. The van der Waals surface area contributed by atoms with Crippen LogP contribution < -0.4 is 5.32 Å². The molecule has 2 atom stereocenters. The van der Waals surface area contributed by atoms with Crippen molar-refractivity contribution in [2.24, 2.45) is 0 Å². The van der Waals surface area contributed by atoms with Gasteiger partial charge in [0.25, 0.3) is 0 Å². The number of nitrogens with one attached hydrogen (secondary N) is 1. The maximum atomic E-state index is 11.8. The van der Waals surface area contributed by atoms with Crippen LogP contribution in [0.3, 0.4) is 0 Å². The number of carbonyl (C=O) groups excluding carboxylic acids is 1. The molecule has 4 nitrogen and oxygen atoms in total. The van der Waals surface area contributed by atoms with Gasteiger partial charge in [-0.3, -0.25) is 4.79 Å². The quantitative estimate of drug-likeness (QED) is 0.732. The number of nitrogens with zero attached hydrogens (tertiary/aromatic N) is 1. The summed E-state index contributed by atoms with van der Waals surface area (Å²) in [4.78, 5) is 13.7. The molecule has 86 valence electrons. The first-order valence-electron chi connectivity index (χ1n) is 5.89. The van der Waals surface area contributed by atoms with Crippen molar-refractivity contribution in [1.82, 2.24) is 10.2 Å². The van der Waals surface area contributed by atoms with Gasteiger partial charge in [0, 0.05) is 19.7 Å². The molecule has 0 radical (unpaired) electrons. The summed E-state index contributed by atoms with van der Waals surface area (Å²) in [6.45, 7) is 2.66. The molecular formula is C11H20N2O2. The summed E-state index contributed by atoms with van der Waals surface area (Å²) < 4.78 is 5.55. The van der Waals surface area contributed by atoms with Crippen LogP contribution in [0.5, 0.6) is 0 Å². The number of likely N-dealkylation sites (N-methyl/N-ethyl adjacent to an activating group) is 1. The highest BCUT2D eigenvalue weighted by atomic mass is 16.5. The Morgan fingerprint density at radius 2 is 2.40 bits per heavy atom. The van der Waals surface area contributed by atoms with Crippen molar-refractivity contribution in [2.75, 3.05) is 26.7 Å². The summed E-state index contributed by atoms with van der Waals surface area (Å²) in [5, 5.41) is 3.05. The zero-order valence-corrected chi connectivity index (χ0v) is 9.37. The first-order chi connectivity index (χ1) is 7.31. The number of ether oxygens (including phenoxy) is 1. The van der Waals surface area contributed by atoms with E-state index in [1.807, 2.05) is 11.9 Å². The van der Waals surface area contributed by atoms with Gasteiger partial charge in [0.1, 0.15) is 0 Å². The summed E-state index contributed by atoms with van der Waals surface area (Å²) in [5.74, 6) is 0.260. The van der Waals surface area contributed by atoms with Crippen molar-refractivity contribution < 1.29 is 9.53 Å². The first kappa shape index (κ1) is 10.9. The molecule has 2 fully saturated rings. The first-order valence-corrected chi connectivity index (χ1v) is 5.89. The van der Waals surface area contributed by atoms with Gasteiger partial charge in [0.15, 0.2) is 0 Å². The van der Waals surface area contributed by atoms with Crippen molar-refractivity contribution in [3.63, 3.8) is 0 Å². The standard InChI is InChI=1S/C11H20N2O2/c1-12-10-5-7-13(11(10)14)6-4-9-3-2-8-15-9/h9-10,12H,2-8H2,1H3. The zero-order valence-electron chi connectivity index (χ0n) is 9.37. The normalized spacial score (nSPS) is 31.5. The summed E-state index contributed by atoms with van der Waals surface area (Å²) >= 11 is 0. The van der Waals surface area contributed by atoms with E-state index in [4.69, 9.17) is 4.74 Å². The van der Waals surface area contributed by atoms with Crippen LogP contribution in [0.1, 0.15) is 25.7 Å². The monoisotopic (exact) mass is 212 g/mol. The minimum atomic E-state index is 0.0505. The number of amides is 1. The Morgan fingerprint density at radius 1 is 1.53 bits per heavy atom. The lowest BCUT2D eigenvalue weighted by molar-refractivity contribution is -0.129. The molecule has 2 aliphatic heterocycles. The Morgan fingerprint density at radius 3 is 3.00 bits per heavy atom. The predicted molar refractivity (Wildman–Crippen MR) is 57.6 cm³/mol. The molecular weight excluding hydrogens is 192 g/mol. The van der Waals surface area contributed by atoms with Gasteiger partial charge in [-0.25, -0.2) is 0 Å². The third kappa shape index (κ3) is 2.49. The lowest BCUT2D eigenvalue weighted by Crippen LogP contribution is -2.37. The summed E-state index contributed by atoms with van der Waals surface area (Å²) in [7, 11) is 1.85. The molecule has 15 heavy (non-hydrogen) atoms. The number of hydrogen-bond donors (Lipinski definition) is 1. The minimum absolute atomic E-state index is 0.0505. The van der Waals surface area contributed by atoms with Gasteiger partial charge in [0.05, 0.1) is 12.1 Å². The maximum Gasteiger partial charge on any atom is 0.239 e. The van der Waals surface area contributed by atoms with Gasteiger partial charge in [0.2, 0.25) is 5.91 Å². The number of carbonyl (C=O) groups is 1. The van der Waals surface area contributed by atoms with Gasteiger partial charge < -0.3 is 15.0 Å². The SMILES string of the molecule is CNC1CCN(CCC2CCCO2)C1=O. The van der Waals surface area contributed by atoms with Crippen molar-refractivity contribution in [3.05, 3.63) is 0 Å². The van der Waals surface area contributed by atoms with Crippen molar-refractivity contribution in [3.8, 4) is 0 Å². The summed E-state index contributed by atoms with van der Waals surface area (Å²) in [5.41, 5.74) is 0. The smallest absolute Gasteiger partial charge is 0.239 e. The average molecular weight is 212 g/mol. The molecule has 0 saturated carbocycles. The van der Waals surface area contributed by atoms with Gasteiger partial charge in [-0.2, -0.15) is 0 Å². The second-order valence-corrected chi connectivity index (χ2v) is 4.38. The fraction of sp³-hybridized carbons (Fsp3) is 0.909. The van der Waals surface area contributed by atoms with Crippen LogP contribution in [-0.2, 0) is 9.53 Å². The van der Waals surface area contributed by atoms with Gasteiger partial charge in [-0.15, -0.1) is 0 Å². The van der Waals surface area contributed by atoms with Crippen LogP contribution >= 0.6 is 0 Å². The van der Waals surface area contributed by atoms with Crippen LogP contribution in [0, 0.1) is 0 Å². The molecule has 0 aliphatic carbocycles. The second kappa shape index (κ2) is 4.94. The Bertz CT molecular complexity index is 227. The molecule has 2 aliphatic rings. The minimum Gasteiger partial charge on any atom is -0.378 e. The van der Waals surface area contributed by atoms with E-state index in [0.29, 0.717) is 6.10 Å². The number of likely N-dealkylation sites (tertiary alicyclic amines) is 1. The largest absolute Gasteiger partial charge is 0.378 e. The van der Waals surface area contributed by atoms with E-state index in [2.05, 4.69) is 5.32 Å². The molecule has 1 N–H and O–H groups in total. The van der Waals surface area contributed by atoms with E-state index in [9.17, 15) is 4.79 Å². The third-order valence-corrected chi connectivity index (χ3v) is 3.39. The van der Waals surface area contributed by atoms with Gasteiger partial charge in [-0.05, 0) is 32.7 Å². The lowest BCUT2D eigenvalue weighted by atomic mass is 10.2. The van der Waals surface area contributed by atoms with E-state index in [-0.39, 0.29) is 11.9 Å². The van der Waals surface area contributed by atoms with Crippen LogP contribution in [-0.4, -0.2) is 49.7 Å². The van der Waals surface area contributed by atoms with E-state index in [1.165, 1.54) is 6.42 Å². The Hall–Kier alpha value is -0.610. The number of hydrogen-bond acceptors (Lipinski definition) is 3. The maximum absolute atomic E-state index is 11.8. The predicted octanol–water partition coefficient (Wildman–Crippen LogP) is 0.376. The Kier molecular flexibility index (Phi) is 3.59. The summed E-state index contributed by atoms with van der Waals surface area (Å²) in [6, 6.07) is 0.0505. The molecule has 4 heteroatoms. The highest BCUT2D eigenvalue weighted by molar-refractivity contribution is 5.83. The zero-order chi connectivity index (χ0) is 10.7. The third-order valence-electron chi connectivity index (χ3n) is 3.39. The molecule has 2 saturated heterocycles. The van der Waals surface area contributed by atoms with Crippen LogP contribution in [0.25, 0.3) is 0 Å². The Balaban J connectivity index is 1.73.